The number of nitrogens with zero attached hydrogens (tertiary/aromatic N) is 2. The summed E-state index contributed by atoms with van der Waals surface area (Å²) in [6.07, 6.45) is 4.11. The highest BCUT2D eigenvalue weighted by molar-refractivity contribution is 5.85. The van der Waals surface area contributed by atoms with Crippen molar-refractivity contribution < 1.29 is 9.53 Å². The first-order valence-corrected chi connectivity index (χ1v) is 7.98. The Balaban J connectivity index is 2.62. The number of hydrogen-bond donors (Lipinski definition) is 2. The van der Waals surface area contributed by atoms with E-state index in [1.807, 2.05) is 27.9 Å². The molecule has 22 heavy (non-hydrogen) atoms. The van der Waals surface area contributed by atoms with Crippen molar-refractivity contribution in [2.45, 2.75) is 45.1 Å². The molecule has 0 aromatic rings. The van der Waals surface area contributed by atoms with Gasteiger partial charge in [-0.1, -0.05) is 12.8 Å². The molecule has 0 bridgehead atoms. The van der Waals surface area contributed by atoms with Gasteiger partial charge in [0.1, 0.15) is 0 Å². The van der Waals surface area contributed by atoms with Gasteiger partial charge in [-0.25, -0.2) is 0 Å². The first kappa shape index (κ1) is 18.7. The van der Waals surface area contributed by atoms with Crippen molar-refractivity contribution in [2.75, 3.05) is 41.3 Å². The molecule has 0 saturated heterocycles. The molecule has 0 heterocycles. The molecular formula is C16H32N4O2. The van der Waals surface area contributed by atoms with E-state index in [0.29, 0.717) is 19.0 Å². The third-order valence-electron chi connectivity index (χ3n) is 4.47. The van der Waals surface area contributed by atoms with Crippen molar-refractivity contribution in [1.29, 1.82) is 0 Å². The summed E-state index contributed by atoms with van der Waals surface area (Å²) < 4.78 is 5.39. The lowest BCUT2D eigenvalue weighted by Gasteiger charge is -2.32. The molecule has 1 rings (SSSR count). The zero-order chi connectivity index (χ0) is 16.8. The maximum absolute atomic E-state index is 12.5. The Morgan fingerprint density at radius 1 is 1.27 bits per heavy atom. The van der Waals surface area contributed by atoms with Crippen LogP contribution in [0.2, 0.25) is 0 Å². The lowest BCUT2D eigenvalue weighted by Crippen LogP contribution is -2.51. The van der Waals surface area contributed by atoms with E-state index in [1.165, 1.54) is 0 Å². The summed E-state index contributed by atoms with van der Waals surface area (Å²) >= 11 is 0. The van der Waals surface area contributed by atoms with Crippen LogP contribution in [0.5, 0.6) is 0 Å². The van der Waals surface area contributed by atoms with Crippen LogP contribution < -0.4 is 10.6 Å². The Morgan fingerprint density at radius 2 is 1.86 bits per heavy atom. The van der Waals surface area contributed by atoms with E-state index < -0.39 is 0 Å². The number of carbonyl (C=O) groups excluding carboxylic acids is 1. The molecule has 0 aromatic heterocycles. The summed E-state index contributed by atoms with van der Waals surface area (Å²) in [6, 6.07) is 0. The summed E-state index contributed by atoms with van der Waals surface area (Å²) in [5, 5.41) is 6.58. The minimum absolute atomic E-state index is 0.213. The van der Waals surface area contributed by atoms with Crippen LogP contribution >= 0.6 is 0 Å². The van der Waals surface area contributed by atoms with Crippen LogP contribution in [0, 0.1) is 5.41 Å². The molecule has 0 aromatic carbocycles. The number of ether oxygens (including phenoxy) is 1. The maximum Gasteiger partial charge on any atom is 0.230 e. The maximum atomic E-state index is 12.5. The standard InChI is InChI=1S/C16H32N4O2/c1-15(2,22-6)11-18-14(17-3)19-12-16(9-7-8-10-16)13(21)20(4)5/h7-12H2,1-6H3,(H2,17,18,19). The largest absolute Gasteiger partial charge is 0.377 e. The predicted octanol–water partition coefficient (Wildman–Crippen LogP) is 1.23. The highest BCUT2D eigenvalue weighted by atomic mass is 16.5. The molecule has 1 aliphatic rings. The molecule has 6 nitrogen and oxygen atoms in total. The zero-order valence-corrected chi connectivity index (χ0v) is 15.0. The second-order valence-corrected chi connectivity index (χ2v) is 6.93. The number of amides is 1. The summed E-state index contributed by atoms with van der Waals surface area (Å²) in [6.45, 7) is 5.30. The van der Waals surface area contributed by atoms with Gasteiger partial charge in [0.15, 0.2) is 5.96 Å². The van der Waals surface area contributed by atoms with Gasteiger partial charge in [0, 0.05) is 41.3 Å². The molecule has 2 N–H and O–H groups in total. The minimum atomic E-state index is -0.294. The van der Waals surface area contributed by atoms with E-state index in [4.69, 9.17) is 4.74 Å². The normalized spacial score (nSPS) is 18.2. The van der Waals surface area contributed by atoms with Gasteiger partial charge in [-0.2, -0.15) is 0 Å². The molecule has 1 aliphatic carbocycles. The molecule has 0 unspecified atom stereocenters. The van der Waals surface area contributed by atoms with Gasteiger partial charge in [-0.15, -0.1) is 0 Å². The van der Waals surface area contributed by atoms with Crippen LogP contribution in [0.25, 0.3) is 0 Å². The molecule has 1 saturated carbocycles. The van der Waals surface area contributed by atoms with Crippen LogP contribution in [-0.2, 0) is 9.53 Å². The average molecular weight is 312 g/mol. The number of aliphatic imine (C=N–C) groups is 1. The minimum Gasteiger partial charge on any atom is -0.377 e. The van der Waals surface area contributed by atoms with E-state index in [2.05, 4.69) is 15.6 Å². The highest BCUT2D eigenvalue weighted by Gasteiger charge is 2.42. The number of guanidine groups is 1. The number of rotatable bonds is 6. The van der Waals surface area contributed by atoms with E-state index in [0.717, 1.165) is 25.7 Å². The molecule has 0 atom stereocenters. The topological polar surface area (TPSA) is 66.0 Å². The summed E-state index contributed by atoms with van der Waals surface area (Å²) in [5.41, 5.74) is -0.556. The van der Waals surface area contributed by atoms with Gasteiger partial charge < -0.3 is 20.3 Å². The van der Waals surface area contributed by atoms with Crippen molar-refractivity contribution in [3.8, 4) is 0 Å². The number of methoxy groups -OCH3 is 1. The van der Waals surface area contributed by atoms with Crippen LogP contribution in [0.3, 0.4) is 0 Å². The lowest BCUT2D eigenvalue weighted by molar-refractivity contribution is -0.138. The van der Waals surface area contributed by atoms with Gasteiger partial charge in [-0.05, 0) is 26.7 Å². The Kier molecular flexibility index (Phi) is 6.66. The van der Waals surface area contributed by atoms with Crippen molar-refractivity contribution in [3.63, 3.8) is 0 Å². The second kappa shape index (κ2) is 7.81. The molecule has 1 amide bonds. The lowest BCUT2D eigenvalue weighted by atomic mass is 9.84. The van der Waals surface area contributed by atoms with Crippen LogP contribution in [0.15, 0.2) is 4.99 Å². The summed E-state index contributed by atoms with van der Waals surface area (Å²) in [5.74, 6) is 0.924. The van der Waals surface area contributed by atoms with Gasteiger partial charge in [0.05, 0.1) is 11.0 Å². The van der Waals surface area contributed by atoms with Crippen molar-refractivity contribution in [3.05, 3.63) is 0 Å². The van der Waals surface area contributed by atoms with Crippen LogP contribution in [-0.4, -0.2) is 63.7 Å². The monoisotopic (exact) mass is 312 g/mol. The predicted molar refractivity (Wildman–Crippen MR) is 90.0 cm³/mol. The summed E-state index contributed by atoms with van der Waals surface area (Å²) in [4.78, 5) is 18.5. The first-order valence-electron chi connectivity index (χ1n) is 7.98. The van der Waals surface area contributed by atoms with Crippen LogP contribution in [0.4, 0.5) is 0 Å². The Bertz CT molecular complexity index is 399. The third kappa shape index (κ3) is 4.87. The number of nitrogens with one attached hydrogen (secondary N) is 2. The van der Waals surface area contributed by atoms with E-state index in [1.54, 1.807) is 19.1 Å². The highest BCUT2D eigenvalue weighted by Crippen LogP contribution is 2.38. The molecular weight excluding hydrogens is 280 g/mol. The summed E-state index contributed by atoms with van der Waals surface area (Å²) in [7, 11) is 7.10. The Labute approximate surface area is 134 Å². The molecule has 0 radical (unpaired) electrons. The molecule has 128 valence electrons. The van der Waals surface area contributed by atoms with Crippen molar-refractivity contribution >= 4 is 11.9 Å². The van der Waals surface area contributed by atoms with Gasteiger partial charge in [0.25, 0.3) is 0 Å². The fourth-order valence-corrected chi connectivity index (χ4v) is 2.83. The third-order valence-corrected chi connectivity index (χ3v) is 4.47. The second-order valence-electron chi connectivity index (χ2n) is 6.93. The first-order chi connectivity index (χ1) is 10.3. The molecule has 0 aliphatic heterocycles. The van der Waals surface area contributed by atoms with Crippen molar-refractivity contribution in [2.24, 2.45) is 10.4 Å². The smallest absolute Gasteiger partial charge is 0.230 e. The van der Waals surface area contributed by atoms with Crippen LogP contribution in [0.1, 0.15) is 39.5 Å². The fourth-order valence-electron chi connectivity index (χ4n) is 2.83. The quantitative estimate of drug-likeness (QED) is 0.572. The fraction of sp³-hybridized carbons (Fsp3) is 0.875. The Morgan fingerprint density at radius 3 is 2.32 bits per heavy atom. The SMILES string of the molecule is CN=C(NCC(C)(C)OC)NCC1(C(=O)N(C)C)CCCC1. The molecule has 1 fully saturated rings. The molecule has 6 heteroatoms. The van der Waals surface area contributed by atoms with Gasteiger partial charge in [0.2, 0.25) is 5.91 Å². The number of carbonyl (C=O) groups is 1. The van der Waals surface area contributed by atoms with Gasteiger partial charge in [-0.3, -0.25) is 9.79 Å². The Hall–Kier alpha value is -1.30. The van der Waals surface area contributed by atoms with E-state index >= 15 is 0 Å². The van der Waals surface area contributed by atoms with Gasteiger partial charge >= 0.3 is 0 Å². The van der Waals surface area contributed by atoms with E-state index in [-0.39, 0.29) is 16.9 Å². The molecule has 0 spiro atoms. The van der Waals surface area contributed by atoms with E-state index in [9.17, 15) is 4.79 Å². The number of hydrogen-bond acceptors (Lipinski definition) is 3. The van der Waals surface area contributed by atoms with Crippen molar-refractivity contribution in [1.82, 2.24) is 15.5 Å². The zero-order valence-electron chi connectivity index (χ0n) is 15.0. The average Bonchev–Trinajstić information content (AvgIpc) is 2.96.